The molecule has 1 atom stereocenters. The molecule has 0 aliphatic carbocycles. The van der Waals surface area contributed by atoms with Crippen LogP contribution in [-0.2, 0) is 11.2 Å². The summed E-state index contributed by atoms with van der Waals surface area (Å²) in [6, 6.07) is 5.90. The van der Waals surface area contributed by atoms with E-state index in [4.69, 9.17) is 5.73 Å². The first-order valence-corrected chi connectivity index (χ1v) is 8.36. The first kappa shape index (κ1) is 17.3. The van der Waals surface area contributed by atoms with E-state index in [0.717, 1.165) is 32.2 Å². The first-order valence-electron chi connectivity index (χ1n) is 8.36. The lowest BCUT2D eigenvalue weighted by atomic mass is 9.99. The van der Waals surface area contributed by atoms with Gasteiger partial charge in [-0.1, -0.05) is 23.8 Å². The van der Waals surface area contributed by atoms with Crippen molar-refractivity contribution in [3.63, 3.8) is 0 Å². The molecule has 0 aromatic heterocycles. The van der Waals surface area contributed by atoms with Crippen molar-refractivity contribution in [3.05, 3.63) is 34.9 Å². The van der Waals surface area contributed by atoms with Gasteiger partial charge in [-0.15, -0.1) is 0 Å². The molecule has 2 rings (SSSR count). The van der Waals surface area contributed by atoms with Gasteiger partial charge in [-0.05, 0) is 50.7 Å². The number of benzene rings is 1. The van der Waals surface area contributed by atoms with E-state index >= 15 is 0 Å². The minimum absolute atomic E-state index is 0.0721. The third-order valence-electron chi connectivity index (χ3n) is 4.57. The number of carbonyl (C=O) groups excluding carboxylic acids is 2. The number of nitrogens with one attached hydrogen (secondary N) is 1. The summed E-state index contributed by atoms with van der Waals surface area (Å²) in [7, 11) is 0. The normalized spacial score (nSPS) is 17.8. The van der Waals surface area contributed by atoms with Crippen LogP contribution in [0.15, 0.2) is 18.2 Å². The van der Waals surface area contributed by atoms with Crippen molar-refractivity contribution >= 4 is 11.9 Å². The maximum absolute atomic E-state index is 12.6. The molecule has 1 aliphatic rings. The fraction of sp³-hybridized carbons (Fsp3) is 0.556. The number of rotatable bonds is 5. The highest BCUT2D eigenvalue weighted by Gasteiger charge is 2.26. The number of piperidine rings is 1. The Bertz CT molecular complexity index is 571. The fourth-order valence-electron chi connectivity index (χ4n) is 3.27. The lowest BCUT2D eigenvalue weighted by Crippen LogP contribution is -2.50. The van der Waals surface area contributed by atoms with Crippen LogP contribution in [0.25, 0.3) is 0 Å². The molecule has 3 N–H and O–H groups in total. The van der Waals surface area contributed by atoms with Gasteiger partial charge in [0.05, 0.1) is 0 Å². The monoisotopic (exact) mass is 317 g/mol. The second kappa shape index (κ2) is 7.99. The summed E-state index contributed by atoms with van der Waals surface area (Å²) in [4.78, 5) is 25.4. The van der Waals surface area contributed by atoms with Crippen LogP contribution in [0.4, 0.5) is 4.79 Å². The lowest BCUT2D eigenvalue weighted by Gasteiger charge is -2.36. The molecule has 1 fully saturated rings. The number of primary amides is 1. The minimum Gasteiger partial charge on any atom is -0.352 e. The van der Waals surface area contributed by atoms with E-state index in [9.17, 15) is 9.59 Å². The van der Waals surface area contributed by atoms with Gasteiger partial charge in [-0.25, -0.2) is 4.79 Å². The van der Waals surface area contributed by atoms with E-state index in [-0.39, 0.29) is 11.9 Å². The zero-order valence-electron chi connectivity index (χ0n) is 14.1. The van der Waals surface area contributed by atoms with Gasteiger partial charge in [0, 0.05) is 25.6 Å². The summed E-state index contributed by atoms with van der Waals surface area (Å²) in [6.45, 7) is 5.39. The van der Waals surface area contributed by atoms with Crippen LogP contribution in [-0.4, -0.2) is 36.0 Å². The maximum atomic E-state index is 12.6. The predicted octanol–water partition coefficient (Wildman–Crippen LogP) is 2.29. The topological polar surface area (TPSA) is 75.4 Å². The number of amides is 3. The quantitative estimate of drug-likeness (QED) is 0.874. The molecule has 5 nitrogen and oxygen atoms in total. The Kier molecular flexibility index (Phi) is 6.02. The van der Waals surface area contributed by atoms with Gasteiger partial charge in [0.25, 0.3) is 0 Å². The molecule has 3 amide bonds. The molecule has 0 saturated carbocycles. The Balaban J connectivity index is 1.93. The van der Waals surface area contributed by atoms with Crippen molar-refractivity contribution in [3.8, 4) is 0 Å². The van der Waals surface area contributed by atoms with E-state index in [1.165, 1.54) is 16.7 Å². The van der Waals surface area contributed by atoms with Crippen molar-refractivity contribution in [1.29, 1.82) is 0 Å². The second-order valence-corrected chi connectivity index (χ2v) is 6.41. The van der Waals surface area contributed by atoms with E-state index in [1.807, 2.05) is 4.90 Å². The molecular formula is C18H27N3O2. The van der Waals surface area contributed by atoms with Gasteiger partial charge < -0.3 is 16.0 Å². The van der Waals surface area contributed by atoms with Crippen LogP contribution in [0.3, 0.4) is 0 Å². The molecule has 1 saturated heterocycles. The van der Waals surface area contributed by atoms with E-state index < -0.39 is 6.03 Å². The summed E-state index contributed by atoms with van der Waals surface area (Å²) in [5.74, 6) is 0.168. The molecule has 1 aromatic rings. The summed E-state index contributed by atoms with van der Waals surface area (Å²) in [6.07, 6.45) is 4.32. The highest BCUT2D eigenvalue weighted by molar-refractivity contribution is 5.77. The highest BCUT2D eigenvalue weighted by Crippen LogP contribution is 2.19. The van der Waals surface area contributed by atoms with E-state index in [1.54, 1.807) is 0 Å². The van der Waals surface area contributed by atoms with E-state index in [2.05, 4.69) is 37.4 Å². The highest BCUT2D eigenvalue weighted by atomic mass is 16.2. The summed E-state index contributed by atoms with van der Waals surface area (Å²) >= 11 is 0. The molecule has 5 heteroatoms. The number of likely N-dealkylation sites (tertiary alicyclic amines) is 1. The predicted molar refractivity (Wildman–Crippen MR) is 91.2 cm³/mol. The van der Waals surface area contributed by atoms with Crippen LogP contribution in [0.1, 0.15) is 42.4 Å². The number of nitrogens with two attached hydrogens (primary N) is 1. The minimum atomic E-state index is -0.529. The first-order chi connectivity index (χ1) is 11.0. The molecule has 1 aliphatic heterocycles. The summed E-state index contributed by atoms with van der Waals surface area (Å²) in [5, 5.41) is 2.63. The largest absolute Gasteiger partial charge is 0.352 e. The molecule has 1 aromatic carbocycles. The Morgan fingerprint density at radius 3 is 2.78 bits per heavy atom. The summed E-state index contributed by atoms with van der Waals surface area (Å²) in [5.41, 5.74) is 8.85. The average molecular weight is 317 g/mol. The van der Waals surface area contributed by atoms with Crippen LogP contribution in [0.2, 0.25) is 0 Å². The Morgan fingerprint density at radius 2 is 2.09 bits per heavy atom. The fourth-order valence-corrected chi connectivity index (χ4v) is 3.27. The SMILES string of the molecule is Cc1ccc(CCC(=O)N2CCCCC2CNC(N)=O)c(C)c1. The molecular weight excluding hydrogens is 290 g/mol. The average Bonchev–Trinajstić information content (AvgIpc) is 2.52. The Morgan fingerprint density at radius 1 is 1.30 bits per heavy atom. The number of nitrogens with zero attached hydrogens (tertiary/aromatic N) is 1. The molecule has 0 spiro atoms. The third-order valence-corrected chi connectivity index (χ3v) is 4.57. The van der Waals surface area contributed by atoms with Crippen LogP contribution < -0.4 is 11.1 Å². The molecule has 0 bridgehead atoms. The van der Waals surface area contributed by atoms with E-state index in [0.29, 0.717) is 13.0 Å². The molecule has 1 heterocycles. The van der Waals surface area contributed by atoms with Gasteiger partial charge >= 0.3 is 6.03 Å². The lowest BCUT2D eigenvalue weighted by molar-refractivity contribution is -0.134. The maximum Gasteiger partial charge on any atom is 0.312 e. The van der Waals surface area contributed by atoms with Crippen LogP contribution in [0, 0.1) is 13.8 Å². The number of carbonyl (C=O) groups is 2. The van der Waals surface area contributed by atoms with Crippen molar-refractivity contribution in [2.24, 2.45) is 5.73 Å². The van der Waals surface area contributed by atoms with Gasteiger partial charge in [-0.3, -0.25) is 4.79 Å². The Hall–Kier alpha value is -2.04. The standard InChI is InChI=1S/C18H27N3O2/c1-13-6-7-15(14(2)11-13)8-9-17(22)21-10-4-3-5-16(21)12-20-18(19)23/h6-7,11,16H,3-5,8-10,12H2,1-2H3,(H3,19,20,23). The van der Waals surface area contributed by atoms with Crippen molar-refractivity contribution in [2.75, 3.05) is 13.1 Å². The van der Waals surface area contributed by atoms with Crippen LogP contribution >= 0.6 is 0 Å². The zero-order valence-corrected chi connectivity index (χ0v) is 14.1. The second-order valence-electron chi connectivity index (χ2n) is 6.41. The van der Waals surface area contributed by atoms with Crippen molar-refractivity contribution in [1.82, 2.24) is 10.2 Å². The smallest absolute Gasteiger partial charge is 0.312 e. The van der Waals surface area contributed by atoms with Gasteiger partial charge in [0.2, 0.25) is 5.91 Å². The molecule has 0 radical (unpaired) electrons. The number of aryl methyl sites for hydroxylation is 3. The van der Waals surface area contributed by atoms with Gasteiger partial charge in [0.15, 0.2) is 0 Å². The Labute approximate surface area is 138 Å². The number of hydrogen-bond donors (Lipinski definition) is 2. The summed E-state index contributed by atoms with van der Waals surface area (Å²) < 4.78 is 0. The van der Waals surface area contributed by atoms with Gasteiger partial charge in [-0.2, -0.15) is 0 Å². The molecule has 126 valence electrons. The number of hydrogen-bond acceptors (Lipinski definition) is 2. The van der Waals surface area contributed by atoms with Gasteiger partial charge in [0.1, 0.15) is 0 Å². The van der Waals surface area contributed by atoms with Crippen LogP contribution in [0.5, 0.6) is 0 Å². The third kappa shape index (κ3) is 4.98. The molecule has 23 heavy (non-hydrogen) atoms. The van der Waals surface area contributed by atoms with Crippen molar-refractivity contribution < 1.29 is 9.59 Å². The number of urea groups is 1. The van der Waals surface area contributed by atoms with Crippen molar-refractivity contribution in [2.45, 2.75) is 52.0 Å². The zero-order chi connectivity index (χ0) is 16.8. The molecule has 1 unspecified atom stereocenters.